The van der Waals surface area contributed by atoms with Crippen LogP contribution in [0.15, 0.2) is 60.8 Å². The van der Waals surface area contributed by atoms with Crippen molar-refractivity contribution < 1.29 is 13.2 Å². The van der Waals surface area contributed by atoms with E-state index in [-0.39, 0.29) is 11.7 Å². The molecular weight excluding hydrogens is 324 g/mol. The van der Waals surface area contributed by atoms with Gasteiger partial charge < -0.3 is 5.32 Å². The molecule has 0 saturated carbocycles. The molecule has 1 aromatic heterocycles. The first-order valence-electron chi connectivity index (χ1n) is 7.33. The fourth-order valence-corrected chi connectivity index (χ4v) is 3.20. The number of para-hydroxylation sites is 1. The summed E-state index contributed by atoms with van der Waals surface area (Å²) >= 11 is 0. The van der Waals surface area contributed by atoms with E-state index >= 15 is 0 Å². The highest BCUT2D eigenvalue weighted by molar-refractivity contribution is 7.89. The molecule has 3 rings (SSSR count). The monoisotopic (exact) mass is 340 g/mol. The van der Waals surface area contributed by atoms with E-state index in [1.54, 1.807) is 30.5 Å². The van der Waals surface area contributed by atoms with Crippen molar-refractivity contribution in [1.82, 2.24) is 4.98 Å². The Bertz CT molecular complexity index is 996. The van der Waals surface area contributed by atoms with Crippen molar-refractivity contribution in [2.75, 3.05) is 11.6 Å². The molecular formula is C18H16N2O3S. The average Bonchev–Trinajstić information content (AvgIpc) is 2.54. The van der Waals surface area contributed by atoms with Crippen LogP contribution in [-0.4, -0.2) is 25.6 Å². The molecule has 24 heavy (non-hydrogen) atoms. The van der Waals surface area contributed by atoms with Gasteiger partial charge in [0.15, 0.2) is 9.84 Å². The van der Waals surface area contributed by atoms with Crippen LogP contribution in [0.2, 0.25) is 0 Å². The lowest BCUT2D eigenvalue weighted by atomic mass is 10.1. The SMILES string of the molecule is CS(=O)(=O)Cc1ccc(C(=O)Nc2cnc3ccccc3c2)cc1. The maximum atomic E-state index is 12.3. The number of hydrogen-bond acceptors (Lipinski definition) is 4. The van der Waals surface area contributed by atoms with Crippen molar-refractivity contribution in [1.29, 1.82) is 0 Å². The molecule has 122 valence electrons. The normalized spacial score (nSPS) is 11.4. The van der Waals surface area contributed by atoms with Gasteiger partial charge in [0, 0.05) is 17.2 Å². The second-order valence-corrected chi connectivity index (χ2v) is 7.78. The van der Waals surface area contributed by atoms with E-state index < -0.39 is 9.84 Å². The zero-order valence-corrected chi connectivity index (χ0v) is 13.9. The summed E-state index contributed by atoms with van der Waals surface area (Å²) in [6.45, 7) is 0. The van der Waals surface area contributed by atoms with Gasteiger partial charge in [-0.3, -0.25) is 9.78 Å². The molecule has 0 aliphatic carbocycles. The number of amides is 1. The number of anilines is 1. The third-order valence-electron chi connectivity index (χ3n) is 3.49. The predicted molar refractivity (Wildman–Crippen MR) is 94.7 cm³/mol. The van der Waals surface area contributed by atoms with E-state index in [1.807, 2.05) is 30.3 Å². The van der Waals surface area contributed by atoms with Crippen LogP contribution in [-0.2, 0) is 15.6 Å². The molecule has 0 radical (unpaired) electrons. The molecule has 6 heteroatoms. The fourth-order valence-electron chi connectivity index (χ4n) is 2.40. The van der Waals surface area contributed by atoms with Crippen LogP contribution < -0.4 is 5.32 Å². The Morgan fingerprint density at radius 3 is 2.50 bits per heavy atom. The summed E-state index contributed by atoms with van der Waals surface area (Å²) in [5.41, 5.74) is 2.58. The Morgan fingerprint density at radius 2 is 1.79 bits per heavy atom. The molecule has 2 aromatic carbocycles. The molecule has 0 aliphatic rings. The second kappa shape index (κ2) is 6.41. The van der Waals surface area contributed by atoms with Crippen LogP contribution in [0.5, 0.6) is 0 Å². The van der Waals surface area contributed by atoms with Crippen LogP contribution in [0.1, 0.15) is 15.9 Å². The molecule has 0 unspecified atom stereocenters. The maximum Gasteiger partial charge on any atom is 0.255 e. The van der Waals surface area contributed by atoms with Gasteiger partial charge in [-0.15, -0.1) is 0 Å². The van der Waals surface area contributed by atoms with Crippen molar-refractivity contribution in [2.24, 2.45) is 0 Å². The van der Waals surface area contributed by atoms with Crippen molar-refractivity contribution >= 4 is 32.3 Å². The summed E-state index contributed by atoms with van der Waals surface area (Å²) in [7, 11) is -3.09. The number of pyridine rings is 1. The Kier molecular flexibility index (Phi) is 4.31. The number of aromatic nitrogens is 1. The summed E-state index contributed by atoms with van der Waals surface area (Å²) in [6.07, 6.45) is 2.79. The molecule has 0 atom stereocenters. The summed E-state index contributed by atoms with van der Waals surface area (Å²) in [5.74, 6) is -0.304. The van der Waals surface area contributed by atoms with E-state index in [1.165, 1.54) is 6.26 Å². The highest BCUT2D eigenvalue weighted by Gasteiger charge is 2.09. The lowest BCUT2D eigenvalue weighted by Crippen LogP contribution is -2.12. The lowest BCUT2D eigenvalue weighted by Gasteiger charge is -2.07. The number of rotatable bonds is 4. The quantitative estimate of drug-likeness (QED) is 0.792. The molecule has 0 fully saturated rings. The minimum Gasteiger partial charge on any atom is -0.321 e. The largest absolute Gasteiger partial charge is 0.321 e. The van der Waals surface area contributed by atoms with Crippen molar-refractivity contribution in [3.63, 3.8) is 0 Å². The van der Waals surface area contributed by atoms with Gasteiger partial charge in [-0.2, -0.15) is 0 Å². The van der Waals surface area contributed by atoms with Gasteiger partial charge in [-0.05, 0) is 29.8 Å². The van der Waals surface area contributed by atoms with Gasteiger partial charge >= 0.3 is 0 Å². The second-order valence-electron chi connectivity index (χ2n) is 5.64. The Hall–Kier alpha value is -2.73. The van der Waals surface area contributed by atoms with Gasteiger partial charge in [0.1, 0.15) is 0 Å². The summed E-state index contributed by atoms with van der Waals surface area (Å²) < 4.78 is 22.6. The first-order valence-corrected chi connectivity index (χ1v) is 9.39. The molecule has 1 N–H and O–H groups in total. The van der Waals surface area contributed by atoms with Crippen LogP contribution >= 0.6 is 0 Å². The lowest BCUT2D eigenvalue weighted by molar-refractivity contribution is 0.102. The molecule has 0 spiro atoms. The van der Waals surface area contributed by atoms with E-state index in [0.29, 0.717) is 16.8 Å². The van der Waals surface area contributed by atoms with Crippen LogP contribution in [0.4, 0.5) is 5.69 Å². The van der Waals surface area contributed by atoms with Gasteiger partial charge in [-0.1, -0.05) is 30.3 Å². The minimum atomic E-state index is -3.09. The third kappa shape index (κ3) is 3.97. The third-order valence-corrected chi connectivity index (χ3v) is 4.35. The number of fused-ring (bicyclic) bond motifs is 1. The number of hydrogen-bond donors (Lipinski definition) is 1. The minimum absolute atomic E-state index is 0.0382. The van der Waals surface area contributed by atoms with E-state index in [4.69, 9.17) is 0 Å². The Morgan fingerprint density at radius 1 is 1.08 bits per heavy atom. The highest BCUT2D eigenvalue weighted by Crippen LogP contribution is 2.17. The van der Waals surface area contributed by atoms with Crippen LogP contribution in [0.3, 0.4) is 0 Å². The zero-order chi connectivity index (χ0) is 17.2. The molecule has 0 bridgehead atoms. The molecule has 5 nitrogen and oxygen atoms in total. The maximum absolute atomic E-state index is 12.3. The number of sulfone groups is 1. The molecule has 0 aliphatic heterocycles. The highest BCUT2D eigenvalue weighted by atomic mass is 32.2. The predicted octanol–water partition coefficient (Wildman–Crippen LogP) is 3.03. The number of benzene rings is 2. The van der Waals surface area contributed by atoms with E-state index in [2.05, 4.69) is 10.3 Å². The Labute approximate surface area is 140 Å². The number of nitrogens with one attached hydrogen (secondary N) is 1. The zero-order valence-electron chi connectivity index (χ0n) is 13.1. The van der Waals surface area contributed by atoms with Crippen molar-refractivity contribution in [3.05, 3.63) is 71.9 Å². The van der Waals surface area contributed by atoms with Gasteiger partial charge in [-0.25, -0.2) is 8.42 Å². The molecule has 0 saturated heterocycles. The first kappa shape index (κ1) is 16.1. The summed E-state index contributed by atoms with van der Waals surface area (Å²) in [6, 6.07) is 16.0. The molecule has 1 amide bonds. The van der Waals surface area contributed by atoms with Gasteiger partial charge in [0.05, 0.1) is 23.2 Å². The first-order chi connectivity index (χ1) is 11.4. The standard InChI is InChI=1S/C18H16N2O3S/c1-24(22,23)12-13-6-8-14(9-7-13)18(21)20-16-10-15-4-2-3-5-17(15)19-11-16/h2-11H,12H2,1H3,(H,20,21). The topological polar surface area (TPSA) is 76.1 Å². The smallest absolute Gasteiger partial charge is 0.255 e. The van der Waals surface area contributed by atoms with Crippen LogP contribution in [0, 0.1) is 0 Å². The summed E-state index contributed by atoms with van der Waals surface area (Å²) in [4.78, 5) is 16.6. The average molecular weight is 340 g/mol. The van der Waals surface area contributed by atoms with Crippen LogP contribution in [0.25, 0.3) is 10.9 Å². The van der Waals surface area contributed by atoms with Crippen molar-refractivity contribution in [3.8, 4) is 0 Å². The number of carbonyl (C=O) groups is 1. The molecule has 1 heterocycles. The van der Waals surface area contributed by atoms with Gasteiger partial charge in [0.2, 0.25) is 0 Å². The Balaban J connectivity index is 1.76. The fraction of sp³-hybridized carbons (Fsp3) is 0.111. The van der Waals surface area contributed by atoms with E-state index in [9.17, 15) is 13.2 Å². The van der Waals surface area contributed by atoms with Crippen molar-refractivity contribution in [2.45, 2.75) is 5.75 Å². The summed E-state index contributed by atoms with van der Waals surface area (Å²) in [5, 5.41) is 3.74. The number of carbonyl (C=O) groups excluding carboxylic acids is 1. The van der Waals surface area contributed by atoms with Gasteiger partial charge in [0.25, 0.3) is 5.91 Å². The molecule has 3 aromatic rings. The van der Waals surface area contributed by atoms with E-state index in [0.717, 1.165) is 10.9 Å². The number of nitrogens with zero attached hydrogens (tertiary/aromatic N) is 1.